The number of hydrogen-bond donors (Lipinski definition) is 1. The smallest absolute Gasteiger partial charge is 0.331 e. The maximum Gasteiger partial charge on any atom is 0.331 e. The SMILES string of the molecule is CCCOc1ccc(CN2C(=O)NC(=O)/C(=C\c3ccc(OC)c(Br)c3)C2=O)cc1OC. The van der Waals surface area contributed by atoms with E-state index in [4.69, 9.17) is 14.2 Å². The third-order valence-corrected chi connectivity index (χ3v) is 5.32. The number of methoxy groups -OCH3 is 2. The zero-order valence-corrected chi connectivity index (χ0v) is 19.5. The number of benzene rings is 2. The van der Waals surface area contributed by atoms with Crippen molar-refractivity contribution in [3.05, 3.63) is 57.6 Å². The number of halogens is 1. The van der Waals surface area contributed by atoms with Crippen LogP contribution in [0.1, 0.15) is 24.5 Å². The number of barbiturate groups is 1. The van der Waals surface area contributed by atoms with E-state index in [0.29, 0.717) is 39.5 Å². The summed E-state index contributed by atoms with van der Waals surface area (Å²) < 4.78 is 16.9. The summed E-state index contributed by atoms with van der Waals surface area (Å²) in [4.78, 5) is 38.7. The Morgan fingerprint density at radius 1 is 1.00 bits per heavy atom. The van der Waals surface area contributed by atoms with E-state index in [1.165, 1.54) is 20.3 Å². The van der Waals surface area contributed by atoms with Crippen LogP contribution in [0.25, 0.3) is 6.08 Å². The molecule has 8 nitrogen and oxygen atoms in total. The number of nitrogens with zero attached hydrogens (tertiary/aromatic N) is 1. The van der Waals surface area contributed by atoms with E-state index in [9.17, 15) is 14.4 Å². The highest BCUT2D eigenvalue weighted by Crippen LogP contribution is 2.30. The fraction of sp³-hybridized carbons (Fsp3) is 0.261. The van der Waals surface area contributed by atoms with Crippen LogP contribution in [0, 0.1) is 0 Å². The van der Waals surface area contributed by atoms with Crippen LogP contribution in [0.15, 0.2) is 46.4 Å². The van der Waals surface area contributed by atoms with Crippen LogP contribution in [-0.4, -0.2) is 43.6 Å². The molecule has 32 heavy (non-hydrogen) atoms. The maximum atomic E-state index is 13.0. The molecule has 0 atom stereocenters. The molecule has 0 saturated carbocycles. The van der Waals surface area contributed by atoms with Gasteiger partial charge in [0.25, 0.3) is 11.8 Å². The molecule has 0 spiro atoms. The number of imide groups is 2. The first-order valence-electron chi connectivity index (χ1n) is 9.90. The van der Waals surface area contributed by atoms with Crippen molar-refractivity contribution in [1.82, 2.24) is 10.2 Å². The Bertz CT molecular complexity index is 1080. The van der Waals surface area contributed by atoms with Gasteiger partial charge in [-0.25, -0.2) is 4.79 Å². The summed E-state index contributed by atoms with van der Waals surface area (Å²) in [5.41, 5.74) is 1.11. The van der Waals surface area contributed by atoms with Crippen molar-refractivity contribution in [2.24, 2.45) is 0 Å². The molecule has 0 unspecified atom stereocenters. The second kappa shape index (κ2) is 10.3. The zero-order chi connectivity index (χ0) is 23.3. The molecule has 9 heteroatoms. The summed E-state index contributed by atoms with van der Waals surface area (Å²) in [7, 11) is 3.06. The predicted octanol–water partition coefficient (Wildman–Crippen LogP) is 3.92. The highest BCUT2D eigenvalue weighted by molar-refractivity contribution is 9.10. The number of rotatable bonds is 8. The standard InChI is InChI=1S/C23H23BrN2O6/c1-4-9-32-19-8-6-15(12-20(19)31-3)13-26-22(28)16(21(27)25-23(26)29)10-14-5-7-18(30-2)17(24)11-14/h5-8,10-12H,4,9,13H2,1-3H3,(H,25,27,29)/b16-10+. The molecule has 1 N–H and O–H groups in total. The third-order valence-electron chi connectivity index (χ3n) is 4.70. The minimum absolute atomic E-state index is 0.0357. The minimum Gasteiger partial charge on any atom is -0.496 e. The number of urea groups is 1. The van der Waals surface area contributed by atoms with Gasteiger partial charge in [0.1, 0.15) is 11.3 Å². The fourth-order valence-electron chi connectivity index (χ4n) is 3.10. The Hall–Kier alpha value is -3.33. The van der Waals surface area contributed by atoms with Gasteiger partial charge in [0.15, 0.2) is 11.5 Å². The van der Waals surface area contributed by atoms with Gasteiger partial charge in [-0.3, -0.25) is 19.8 Å². The van der Waals surface area contributed by atoms with Crippen LogP contribution >= 0.6 is 15.9 Å². The second-order valence-corrected chi connectivity index (χ2v) is 7.79. The molecule has 3 rings (SSSR count). The lowest BCUT2D eigenvalue weighted by Gasteiger charge is -2.26. The topological polar surface area (TPSA) is 94.2 Å². The fourth-order valence-corrected chi connectivity index (χ4v) is 3.66. The van der Waals surface area contributed by atoms with Crippen molar-refractivity contribution in [2.75, 3.05) is 20.8 Å². The Morgan fingerprint density at radius 3 is 2.38 bits per heavy atom. The lowest BCUT2D eigenvalue weighted by atomic mass is 10.1. The van der Waals surface area contributed by atoms with Crippen LogP contribution in [0.4, 0.5) is 4.79 Å². The van der Waals surface area contributed by atoms with E-state index in [1.807, 2.05) is 6.92 Å². The van der Waals surface area contributed by atoms with Crippen molar-refractivity contribution in [3.63, 3.8) is 0 Å². The van der Waals surface area contributed by atoms with Crippen molar-refractivity contribution in [1.29, 1.82) is 0 Å². The van der Waals surface area contributed by atoms with E-state index in [1.54, 1.807) is 36.4 Å². The van der Waals surface area contributed by atoms with E-state index in [-0.39, 0.29) is 12.1 Å². The molecular formula is C23H23BrN2O6. The van der Waals surface area contributed by atoms with E-state index < -0.39 is 17.8 Å². The van der Waals surface area contributed by atoms with Gasteiger partial charge in [-0.2, -0.15) is 0 Å². The number of carbonyl (C=O) groups excluding carboxylic acids is 3. The Kier molecular flexibility index (Phi) is 7.53. The quantitative estimate of drug-likeness (QED) is 0.434. The Labute approximate surface area is 194 Å². The summed E-state index contributed by atoms with van der Waals surface area (Å²) in [6.45, 7) is 2.50. The molecular weight excluding hydrogens is 480 g/mol. The first-order chi connectivity index (χ1) is 15.4. The molecule has 0 radical (unpaired) electrons. The van der Waals surface area contributed by atoms with Crippen molar-refractivity contribution in [2.45, 2.75) is 19.9 Å². The molecule has 1 aliphatic heterocycles. The molecule has 2 aromatic rings. The first kappa shape index (κ1) is 23.3. The van der Waals surface area contributed by atoms with Crippen LogP contribution in [-0.2, 0) is 16.1 Å². The highest BCUT2D eigenvalue weighted by Gasteiger charge is 2.35. The Balaban J connectivity index is 1.86. The third kappa shape index (κ3) is 5.11. The number of ether oxygens (including phenoxy) is 3. The second-order valence-electron chi connectivity index (χ2n) is 6.94. The molecule has 0 aliphatic carbocycles. The summed E-state index contributed by atoms with van der Waals surface area (Å²) in [5, 5.41) is 2.22. The van der Waals surface area contributed by atoms with Gasteiger partial charge in [-0.1, -0.05) is 19.1 Å². The summed E-state index contributed by atoms with van der Waals surface area (Å²) in [6.07, 6.45) is 2.28. The van der Waals surface area contributed by atoms with E-state index in [2.05, 4.69) is 21.2 Å². The molecule has 1 heterocycles. The first-order valence-corrected chi connectivity index (χ1v) is 10.7. The highest BCUT2D eigenvalue weighted by atomic mass is 79.9. The van der Waals surface area contributed by atoms with Crippen molar-refractivity contribution >= 4 is 39.9 Å². The van der Waals surface area contributed by atoms with Gasteiger partial charge in [0.2, 0.25) is 0 Å². The largest absolute Gasteiger partial charge is 0.496 e. The molecule has 2 aromatic carbocycles. The number of nitrogens with one attached hydrogen (secondary N) is 1. The van der Waals surface area contributed by atoms with Gasteiger partial charge in [0.05, 0.1) is 31.8 Å². The molecule has 0 bridgehead atoms. The molecule has 1 saturated heterocycles. The average molecular weight is 503 g/mol. The monoisotopic (exact) mass is 502 g/mol. The molecule has 168 valence electrons. The summed E-state index contributed by atoms with van der Waals surface area (Å²) in [6, 6.07) is 9.52. The lowest BCUT2D eigenvalue weighted by Crippen LogP contribution is -2.53. The number of hydrogen-bond acceptors (Lipinski definition) is 6. The summed E-state index contributed by atoms with van der Waals surface area (Å²) >= 11 is 3.38. The van der Waals surface area contributed by atoms with Gasteiger partial charge in [-0.05, 0) is 63.8 Å². The molecule has 4 amide bonds. The zero-order valence-electron chi connectivity index (χ0n) is 17.9. The average Bonchev–Trinajstić information content (AvgIpc) is 2.78. The van der Waals surface area contributed by atoms with E-state index in [0.717, 1.165) is 11.3 Å². The van der Waals surface area contributed by atoms with Gasteiger partial charge < -0.3 is 14.2 Å². The van der Waals surface area contributed by atoms with Crippen molar-refractivity contribution < 1.29 is 28.6 Å². The minimum atomic E-state index is -0.779. The maximum absolute atomic E-state index is 13.0. The van der Waals surface area contributed by atoms with Crippen LogP contribution in [0.3, 0.4) is 0 Å². The Morgan fingerprint density at radius 2 is 1.72 bits per heavy atom. The number of amides is 4. The number of carbonyl (C=O) groups is 3. The van der Waals surface area contributed by atoms with Crippen molar-refractivity contribution in [3.8, 4) is 17.2 Å². The van der Waals surface area contributed by atoms with Gasteiger partial charge in [-0.15, -0.1) is 0 Å². The van der Waals surface area contributed by atoms with Crippen LogP contribution in [0.2, 0.25) is 0 Å². The van der Waals surface area contributed by atoms with Gasteiger partial charge >= 0.3 is 6.03 Å². The predicted molar refractivity (Wildman–Crippen MR) is 122 cm³/mol. The van der Waals surface area contributed by atoms with Crippen LogP contribution < -0.4 is 19.5 Å². The lowest BCUT2D eigenvalue weighted by molar-refractivity contribution is -0.130. The van der Waals surface area contributed by atoms with E-state index >= 15 is 0 Å². The van der Waals surface area contributed by atoms with Crippen LogP contribution in [0.5, 0.6) is 17.2 Å². The van der Waals surface area contributed by atoms with Gasteiger partial charge in [0, 0.05) is 0 Å². The normalized spacial score (nSPS) is 15.1. The summed E-state index contributed by atoms with van der Waals surface area (Å²) in [5.74, 6) is 0.257. The molecule has 1 aliphatic rings. The molecule has 0 aromatic heterocycles. The molecule has 1 fully saturated rings.